The fourth-order valence-corrected chi connectivity index (χ4v) is 3.39. The van der Waals surface area contributed by atoms with E-state index in [1.807, 2.05) is 0 Å². The minimum atomic E-state index is -3.90. The van der Waals surface area contributed by atoms with E-state index in [0.717, 1.165) is 19.3 Å². The van der Waals surface area contributed by atoms with Gasteiger partial charge >= 0.3 is 0 Å². The molecule has 1 unspecified atom stereocenters. The van der Waals surface area contributed by atoms with Crippen molar-refractivity contribution in [3.05, 3.63) is 0 Å². The molecule has 0 saturated heterocycles. The molecule has 0 amide bonds. The van der Waals surface area contributed by atoms with Crippen LogP contribution in [0.1, 0.15) is 71.1 Å². The van der Waals surface area contributed by atoms with Crippen LogP contribution in [0.5, 0.6) is 0 Å². The first kappa shape index (κ1) is 19.0. The third kappa shape index (κ3) is 14.2. The summed E-state index contributed by atoms with van der Waals surface area (Å²) >= 11 is -2.99. The van der Waals surface area contributed by atoms with Gasteiger partial charge in [0.2, 0.25) is 0 Å². The normalized spacial score (nSPS) is 13.6. The van der Waals surface area contributed by atoms with Crippen molar-refractivity contribution in [2.45, 2.75) is 71.1 Å². The van der Waals surface area contributed by atoms with Gasteiger partial charge in [0.1, 0.15) is 11.4 Å². The maximum atomic E-state index is 11.1. The first-order valence-electron chi connectivity index (χ1n) is 7.00. The van der Waals surface area contributed by atoms with Crippen LogP contribution in [-0.2, 0) is 25.1 Å². The zero-order valence-corrected chi connectivity index (χ0v) is 13.3. The van der Waals surface area contributed by atoms with Gasteiger partial charge in [-0.25, -0.2) is 4.21 Å². The number of hydrogen-bond acceptors (Lipinski definition) is 5. The van der Waals surface area contributed by atoms with E-state index in [-0.39, 0.29) is 5.75 Å². The lowest BCUT2D eigenvalue weighted by atomic mass is 10.1. The molecule has 5 nitrogen and oxygen atoms in total. The minimum Gasteiger partial charge on any atom is -0.749 e. The van der Waals surface area contributed by atoms with Crippen molar-refractivity contribution in [3.63, 3.8) is 0 Å². The second kappa shape index (κ2) is 11.8. The van der Waals surface area contributed by atoms with Crippen molar-refractivity contribution in [2.75, 3.05) is 5.75 Å². The van der Waals surface area contributed by atoms with Gasteiger partial charge in [0.25, 0.3) is 10.1 Å². The molecule has 0 saturated carbocycles. The van der Waals surface area contributed by atoms with Crippen molar-refractivity contribution in [1.82, 2.24) is 0 Å². The molecule has 0 N–H and O–H groups in total. The summed E-state index contributed by atoms with van der Waals surface area (Å²) in [7, 11) is -3.90. The second-order valence-corrected chi connectivity index (χ2v) is 7.19. The molecule has 0 aromatic carbocycles. The Morgan fingerprint density at radius 3 is 1.74 bits per heavy atom. The molecule has 1 atom stereocenters. The molecule has 0 radical (unpaired) electrons. The van der Waals surface area contributed by atoms with Crippen LogP contribution in [0.4, 0.5) is 0 Å². The van der Waals surface area contributed by atoms with Crippen molar-refractivity contribution < 1.29 is 20.8 Å². The molecule has 0 aliphatic rings. The number of unbranched alkanes of at least 4 members (excludes halogenated alkanes) is 9. The molecular weight excluding hydrogens is 288 g/mol. The first-order valence-corrected chi connectivity index (χ1v) is 9.57. The lowest BCUT2D eigenvalue weighted by Gasteiger charge is -2.06. The van der Waals surface area contributed by atoms with E-state index in [9.17, 15) is 17.2 Å². The third-order valence-electron chi connectivity index (χ3n) is 2.91. The van der Waals surface area contributed by atoms with Gasteiger partial charge in [0.15, 0.2) is 0 Å². The van der Waals surface area contributed by atoms with Crippen LogP contribution < -0.4 is 0 Å². The van der Waals surface area contributed by atoms with Gasteiger partial charge < -0.3 is 4.55 Å². The molecule has 19 heavy (non-hydrogen) atoms. The summed E-state index contributed by atoms with van der Waals surface area (Å²) in [5, 5.41) is 0. The molecule has 0 aliphatic carbocycles. The first-order chi connectivity index (χ1) is 8.98. The van der Waals surface area contributed by atoms with Crippen LogP contribution in [0.25, 0.3) is 0 Å². The van der Waals surface area contributed by atoms with Crippen LogP contribution in [0.15, 0.2) is 0 Å². The fraction of sp³-hybridized carbons (Fsp3) is 1.00. The zero-order valence-electron chi connectivity index (χ0n) is 11.6. The molecular formula is C12H25O5S2-. The van der Waals surface area contributed by atoms with Crippen LogP contribution in [0.2, 0.25) is 0 Å². The zero-order chi connectivity index (χ0) is 14.6. The van der Waals surface area contributed by atoms with Gasteiger partial charge in [-0.1, -0.05) is 64.7 Å². The molecule has 0 bridgehead atoms. The second-order valence-electron chi connectivity index (χ2n) is 4.72. The Bertz CT molecular complexity index is 327. The van der Waals surface area contributed by atoms with Crippen molar-refractivity contribution in [3.8, 4) is 0 Å². The summed E-state index contributed by atoms with van der Waals surface area (Å²) in [6.45, 7) is 2.19. The summed E-state index contributed by atoms with van der Waals surface area (Å²) in [4.78, 5) is 0. The Labute approximate surface area is 119 Å². The molecule has 0 heterocycles. The Kier molecular flexibility index (Phi) is 11.8. The highest BCUT2D eigenvalue weighted by Crippen LogP contribution is 2.11. The summed E-state index contributed by atoms with van der Waals surface area (Å²) in [6, 6.07) is 0. The predicted octanol–water partition coefficient (Wildman–Crippen LogP) is 3.05. The van der Waals surface area contributed by atoms with E-state index in [4.69, 9.17) is 0 Å². The van der Waals surface area contributed by atoms with Crippen LogP contribution in [0, 0.1) is 0 Å². The lowest BCUT2D eigenvalue weighted by Crippen LogP contribution is -2.12. The predicted molar refractivity (Wildman–Crippen MR) is 75.6 cm³/mol. The molecule has 116 valence electrons. The Morgan fingerprint density at radius 1 is 0.895 bits per heavy atom. The quantitative estimate of drug-likeness (QED) is 0.385. The molecule has 0 aromatic heterocycles. The summed E-state index contributed by atoms with van der Waals surface area (Å²) in [5.41, 5.74) is 0. The topological polar surface area (TPSA) is 83.5 Å². The lowest BCUT2D eigenvalue weighted by molar-refractivity contribution is 0.428. The minimum absolute atomic E-state index is 0.225. The SMILES string of the molecule is CCCCCCCCCCCCS(=O)(=O)OS(=O)[O-]. The Balaban J connectivity index is 3.34. The van der Waals surface area contributed by atoms with E-state index < -0.39 is 21.5 Å². The summed E-state index contributed by atoms with van der Waals surface area (Å²) < 4.78 is 46.1. The van der Waals surface area contributed by atoms with E-state index in [0.29, 0.717) is 6.42 Å². The van der Waals surface area contributed by atoms with Gasteiger partial charge in [0, 0.05) is 0 Å². The number of rotatable bonds is 13. The van der Waals surface area contributed by atoms with Crippen LogP contribution >= 0.6 is 0 Å². The molecule has 0 aromatic rings. The van der Waals surface area contributed by atoms with Crippen LogP contribution in [0.3, 0.4) is 0 Å². The van der Waals surface area contributed by atoms with Gasteiger partial charge in [-0.15, -0.1) is 0 Å². The van der Waals surface area contributed by atoms with Gasteiger partial charge in [-0.2, -0.15) is 12.0 Å². The number of hydrogen-bond donors (Lipinski definition) is 0. The largest absolute Gasteiger partial charge is 0.749 e. The fourth-order valence-electron chi connectivity index (χ4n) is 1.88. The maximum absolute atomic E-state index is 11.1. The standard InChI is InChI=1S/C12H26O5S2/c1-2-3-4-5-6-7-8-9-10-11-12-19(15,16)17-18(13)14/h2-12H2,1H3,(H,13,14)/p-1. The van der Waals surface area contributed by atoms with Crippen molar-refractivity contribution in [1.29, 1.82) is 0 Å². The van der Waals surface area contributed by atoms with Gasteiger partial charge in [-0.3, -0.25) is 0 Å². The Morgan fingerprint density at radius 2 is 1.32 bits per heavy atom. The monoisotopic (exact) mass is 313 g/mol. The van der Waals surface area contributed by atoms with Crippen LogP contribution in [-0.4, -0.2) is 22.9 Å². The van der Waals surface area contributed by atoms with E-state index >= 15 is 0 Å². The van der Waals surface area contributed by atoms with E-state index in [1.165, 1.54) is 38.5 Å². The average Bonchev–Trinajstić information content (AvgIpc) is 2.30. The van der Waals surface area contributed by atoms with Crippen molar-refractivity contribution in [2.24, 2.45) is 0 Å². The van der Waals surface area contributed by atoms with Gasteiger partial charge in [0.05, 0.1) is 5.75 Å². The highest BCUT2D eigenvalue weighted by molar-refractivity contribution is 7.95. The molecule has 7 heteroatoms. The molecule has 0 aliphatic heterocycles. The highest BCUT2D eigenvalue weighted by atomic mass is 32.3. The summed E-state index contributed by atoms with van der Waals surface area (Å²) in [6.07, 6.45) is 10.9. The maximum Gasteiger partial charge on any atom is 0.279 e. The van der Waals surface area contributed by atoms with Crippen molar-refractivity contribution >= 4 is 21.5 Å². The smallest absolute Gasteiger partial charge is 0.279 e. The average molecular weight is 313 g/mol. The molecule has 0 rings (SSSR count). The highest BCUT2D eigenvalue weighted by Gasteiger charge is 2.10. The van der Waals surface area contributed by atoms with E-state index in [1.54, 1.807) is 0 Å². The third-order valence-corrected chi connectivity index (χ3v) is 4.97. The molecule has 0 spiro atoms. The summed E-state index contributed by atoms with van der Waals surface area (Å²) in [5.74, 6) is -0.225. The Hall–Kier alpha value is 0.0200. The van der Waals surface area contributed by atoms with Gasteiger partial charge in [-0.05, 0) is 6.42 Å². The van der Waals surface area contributed by atoms with E-state index in [2.05, 4.69) is 10.6 Å². The molecule has 0 fully saturated rings.